The molecule has 100 heavy (non-hydrogen) atoms. The average Bonchev–Trinajstić information content (AvgIpc) is 0.770. The summed E-state index contributed by atoms with van der Waals surface area (Å²) in [6, 6.07) is 32.1. The van der Waals surface area contributed by atoms with E-state index in [-0.39, 0.29) is 0 Å². The maximum Gasteiger partial charge on any atom is 0.323 e. The largest absolute Gasteiger partial charge is 0.377 e. The Morgan fingerprint density at radius 1 is 0.300 bits per heavy atom. The van der Waals surface area contributed by atoms with Crippen molar-refractivity contribution in [2.24, 2.45) is 22.9 Å². The fourth-order valence-corrected chi connectivity index (χ4v) is 10.4. The van der Waals surface area contributed by atoms with Gasteiger partial charge in [0, 0.05) is 118 Å². The van der Waals surface area contributed by atoms with Crippen LogP contribution >= 0.6 is 31.9 Å². The van der Waals surface area contributed by atoms with Gasteiger partial charge in [-0.05, 0) is 117 Å². The summed E-state index contributed by atoms with van der Waals surface area (Å²) in [4.78, 5) is 14.6. The minimum Gasteiger partial charge on any atom is -0.377 e. The van der Waals surface area contributed by atoms with Crippen LogP contribution < -0.4 is 22.9 Å². The lowest BCUT2D eigenvalue weighted by Crippen LogP contribution is -2.50. The Labute approximate surface area is 577 Å². The number of aromatic nitrogens is 4. The minimum atomic E-state index is -4.02. The number of hydrogen-bond acceptors (Lipinski definition) is 12. The molecule has 4 atom stereocenters. The molecule has 0 fully saturated rings. The van der Waals surface area contributed by atoms with Crippen molar-refractivity contribution in [1.82, 2.24) is 19.9 Å². The van der Waals surface area contributed by atoms with Crippen molar-refractivity contribution in [3.05, 3.63) is 306 Å². The molecule has 0 unspecified atom stereocenters. The van der Waals surface area contributed by atoms with Gasteiger partial charge in [-0.25, -0.2) is 35.1 Å². The number of nitrogens with zero attached hydrogens (tertiary/aromatic N) is 4. The molecule has 0 bridgehead atoms. The summed E-state index contributed by atoms with van der Waals surface area (Å²) in [5.74, 6) is -25.1. The molecule has 12 N–H and O–H groups in total. The van der Waals surface area contributed by atoms with Crippen LogP contribution in [0.25, 0.3) is 22.3 Å². The van der Waals surface area contributed by atoms with Gasteiger partial charge in [0.2, 0.25) is 0 Å². The van der Waals surface area contributed by atoms with E-state index in [1.54, 1.807) is 0 Å². The van der Waals surface area contributed by atoms with Gasteiger partial charge >= 0.3 is 23.7 Å². The van der Waals surface area contributed by atoms with Crippen molar-refractivity contribution < 1.29 is 90.7 Å². The Kier molecular flexibility index (Phi) is 24.8. The van der Waals surface area contributed by atoms with E-state index in [0.29, 0.717) is 44.3 Å². The number of alkyl halides is 8. The van der Waals surface area contributed by atoms with Gasteiger partial charge in [0.25, 0.3) is 0 Å². The molecular weight excluding hydrogens is 1480 g/mol. The van der Waals surface area contributed by atoms with Gasteiger partial charge in [-0.2, -0.15) is 35.1 Å². The standard InChI is InChI=1S/2C21H18F4N2O.2C14H11BrF4N2O/c2*1-13-2-4-14(5-3-13)15-6-9-19(27-11-15)21(24,25)20(28,12-26)17-8-7-16(22)10-18(17)23;2*15-8-1-4-12(21-6-8)14(18,19)13(22,7-20)10-3-2-9(16)5-11(10)17/h2*2-11,28H,12,26H2,1H3;2*1-6,22H,7,20H2/t2*20-;2*13-/m1010/s1. The summed E-state index contributed by atoms with van der Waals surface area (Å²) in [5, 5.41) is 41.8. The zero-order valence-corrected chi connectivity index (χ0v) is 55.2. The SMILES string of the molecule is Cc1ccc(-c2ccc(C(F)(F)[C@@](O)(CN)c3ccc(F)cc3F)nc2)cc1.Cc1ccc(-c2ccc(C(F)(F)[C@](O)(CN)c3ccc(F)cc3F)nc2)cc1.NC[C@@](O)(c1ccc(F)cc1F)C(F)(F)c1ccc(Br)cn1.NC[C@](O)(c1ccc(F)cc1F)C(F)(F)c1ccc(Br)cn1. The van der Waals surface area contributed by atoms with Crippen LogP contribution in [0.15, 0.2) is 204 Å². The maximum atomic E-state index is 15.1. The van der Waals surface area contributed by atoms with Crippen LogP contribution in [0, 0.1) is 60.4 Å². The average molecular weight is 1540 g/mol. The van der Waals surface area contributed by atoms with Crippen molar-refractivity contribution in [1.29, 1.82) is 0 Å². The molecule has 0 amide bonds. The lowest BCUT2D eigenvalue weighted by molar-refractivity contribution is -0.193. The molecule has 0 saturated heterocycles. The van der Waals surface area contributed by atoms with Crippen LogP contribution in [-0.2, 0) is 46.1 Å². The predicted octanol–water partition coefficient (Wildman–Crippen LogP) is 14.7. The van der Waals surface area contributed by atoms with E-state index in [0.717, 1.165) is 107 Å². The van der Waals surface area contributed by atoms with Crippen molar-refractivity contribution in [3.8, 4) is 22.3 Å². The van der Waals surface area contributed by atoms with Gasteiger partial charge in [0.1, 0.15) is 69.3 Å². The zero-order valence-electron chi connectivity index (χ0n) is 52.0. The predicted molar refractivity (Wildman–Crippen MR) is 346 cm³/mol. The van der Waals surface area contributed by atoms with E-state index in [1.165, 1.54) is 36.7 Å². The van der Waals surface area contributed by atoms with E-state index < -0.39 is 164 Å². The van der Waals surface area contributed by atoms with Crippen molar-refractivity contribution in [3.63, 3.8) is 0 Å². The van der Waals surface area contributed by atoms with Crippen molar-refractivity contribution in [2.45, 2.75) is 59.9 Å². The fraction of sp³-hybridized carbons (Fsp3) is 0.200. The number of hydrogen-bond donors (Lipinski definition) is 8. The fourth-order valence-electron chi connectivity index (χ4n) is 9.89. The number of aliphatic hydroxyl groups is 4. The quantitative estimate of drug-likeness (QED) is 0.0375. The van der Waals surface area contributed by atoms with Crippen LogP contribution in [0.2, 0.25) is 0 Å². The Morgan fingerprint density at radius 2 is 0.510 bits per heavy atom. The molecule has 4 heterocycles. The summed E-state index contributed by atoms with van der Waals surface area (Å²) in [6.07, 6.45) is 4.71. The first-order valence-electron chi connectivity index (χ1n) is 29.2. The molecular formula is C70H58Br2F16N8O4. The van der Waals surface area contributed by atoms with Crippen molar-refractivity contribution >= 4 is 31.9 Å². The molecule has 0 aliphatic heterocycles. The first-order valence-corrected chi connectivity index (χ1v) is 30.7. The monoisotopic (exact) mass is 1540 g/mol. The van der Waals surface area contributed by atoms with E-state index >= 15 is 17.6 Å². The van der Waals surface area contributed by atoms with Crippen LogP contribution in [0.3, 0.4) is 0 Å². The highest BCUT2D eigenvalue weighted by molar-refractivity contribution is 9.10. The van der Waals surface area contributed by atoms with Crippen LogP contribution in [0.4, 0.5) is 70.2 Å². The highest BCUT2D eigenvalue weighted by atomic mass is 79.9. The molecule has 10 aromatic rings. The van der Waals surface area contributed by atoms with Gasteiger partial charge in [0.05, 0.1) is 0 Å². The summed E-state index contributed by atoms with van der Waals surface area (Å²) in [5.41, 5.74) is 7.55. The third-order valence-corrected chi connectivity index (χ3v) is 16.7. The summed E-state index contributed by atoms with van der Waals surface area (Å²) < 4.78 is 228. The molecule has 30 heteroatoms. The zero-order chi connectivity index (χ0) is 74.1. The third kappa shape index (κ3) is 16.3. The highest BCUT2D eigenvalue weighted by Gasteiger charge is 2.60. The maximum absolute atomic E-state index is 15.1. The van der Waals surface area contributed by atoms with Gasteiger partial charge in [-0.3, -0.25) is 19.9 Å². The van der Waals surface area contributed by atoms with E-state index in [2.05, 4.69) is 51.8 Å². The molecule has 0 aliphatic carbocycles. The topological polar surface area (TPSA) is 237 Å². The van der Waals surface area contributed by atoms with E-state index in [9.17, 15) is 73.1 Å². The number of nitrogens with two attached hydrogens (primary N) is 4. The second kappa shape index (κ2) is 31.5. The lowest BCUT2D eigenvalue weighted by Gasteiger charge is -2.35. The Balaban J connectivity index is 0.000000189. The molecule has 4 aromatic heterocycles. The molecule has 528 valence electrons. The summed E-state index contributed by atoms with van der Waals surface area (Å²) in [6.45, 7) is -0.115. The summed E-state index contributed by atoms with van der Waals surface area (Å²) >= 11 is 6.10. The molecule has 12 nitrogen and oxygen atoms in total. The number of pyridine rings is 4. The van der Waals surface area contributed by atoms with Gasteiger partial charge in [-0.1, -0.05) is 96.1 Å². The number of aryl methyl sites for hydroxylation is 2. The Morgan fingerprint density at radius 3 is 0.690 bits per heavy atom. The highest BCUT2D eigenvalue weighted by Crippen LogP contribution is 2.49. The minimum absolute atomic E-state index is 0.404. The lowest BCUT2D eigenvalue weighted by atomic mass is 9.84. The number of benzene rings is 6. The van der Waals surface area contributed by atoms with Crippen LogP contribution in [-0.4, -0.2) is 66.5 Å². The van der Waals surface area contributed by atoms with Crippen LogP contribution in [0.1, 0.15) is 56.2 Å². The van der Waals surface area contributed by atoms with Crippen molar-refractivity contribution in [2.75, 3.05) is 26.2 Å². The Hall–Kier alpha value is -8.56. The molecule has 0 radical (unpaired) electrons. The molecule has 0 spiro atoms. The smallest absolute Gasteiger partial charge is 0.323 e. The molecule has 0 aliphatic rings. The molecule has 6 aromatic carbocycles. The first kappa shape index (κ1) is 78.8. The second-order valence-electron chi connectivity index (χ2n) is 22.4. The van der Waals surface area contributed by atoms with E-state index in [1.807, 2.05) is 62.4 Å². The molecule has 10 rings (SSSR count). The normalized spacial score (nSPS) is 14.3. The molecule has 0 saturated carbocycles. The van der Waals surface area contributed by atoms with Gasteiger partial charge in [-0.15, -0.1) is 0 Å². The summed E-state index contributed by atoms with van der Waals surface area (Å²) in [7, 11) is 0. The van der Waals surface area contributed by atoms with Gasteiger partial charge in [0.15, 0.2) is 22.4 Å². The second-order valence-corrected chi connectivity index (χ2v) is 24.2. The number of rotatable bonds is 18. The van der Waals surface area contributed by atoms with E-state index in [4.69, 9.17) is 22.9 Å². The Bertz CT molecular complexity index is 4150. The first-order chi connectivity index (χ1) is 46.8. The van der Waals surface area contributed by atoms with Gasteiger partial charge < -0.3 is 43.4 Å². The number of halogens is 18. The third-order valence-electron chi connectivity index (χ3n) is 15.8. The van der Waals surface area contributed by atoms with Crippen LogP contribution in [0.5, 0.6) is 0 Å².